The summed E-state index contributed by atoms with van der Waals surface area (Å²) in [7, 11) is 0. The third kappa shape index (κ3) is 7.49. The van der Waals surface area contributed by atoms with Crippen LogP contribution in [0.5, 0.6) is 0 Å². The molecule has 4 heterocycles. The van der Waals surface area contributed by atoms with Crippen LogP contribution in [-0.4, -0.2) is 136 Å². The average molecular weight is 823 g/mol. The Morgan fingerprint density at radius 1 is 0.759 bits per heavy atom. The van der Waals surface area contributed by atoms with Crippen LogP contribution < -0.4 is 0 Å². The Balaban J connectivity index is 0.829. The second-order valence-corrected chi connectivity index (χ2v) is 19.4. The van der Waals surface area contributed by atoms with E-state index in [9.17, 15) is 35.1 Å². The molecule has 0 bridgehead atoms. The third-order valence-corrected chi connectivity index (χ3v) is 16.2. The molecule has 0 aromatic carbocycles. The fourth-order valence-electron chi connectivity index (χ4n) is 13.1. The van der Waals surface area contributed by atoms with Crippen LogP contribution in [0.2, 0.25) is 0 Å². The Kier molecular flexibility index (Phi) is 12.0. The van der Waals surface area contributed by atoms with Crippen molar-refractivity contribution in [1.29, 1.82) is 0 Å². The normalized spacial score (nSPS) is 53.2. The lowest BCUT2D eigenvalue weighted by Crippen LogP contribution is -2.67. The van der Waals surface area contributed by atoms with Gasteiger partial charge in [0.05, 0.1) is 48.3 Å². The van der Waals surface area contributed by atoms with Crippen molar-refractivity contribution in [1.82, 2.24) is 0 Å². The van der Waals surface area contributed by atoms with Crippen LogP contribution in [-0.2, 0) is 47.5 Å². The molecular weight excluding hydrogens is 756 g/mol. The SMILES string of the molecule is CC(=O)O[C@H]1C[C@H](O[C@H]2[C@@H](O)C[C@H](O[C@H]3[C@@H](O)C[C@H](O[C@H]4CC[C@]5(C)C6C[C@@H](O)[C@]7(C)[C@@H](C8=CC(=O)OC8)CC[C@]7(O)C6CC[C@@H]5C4)O[C@@H]3C)O[C@@H]2C)O[C@H](C)[C@H]1O. The second-order valence-electron chi connectivity index (χ2n) is 19.4. The van der Waals surface area contributed by atoms with Crippen molar-refractivity contribution >= 4 is 11.9 Å². The first-order chi connectivity index (χ1) is 27.4. The molecule has 58 heavy (non-hydrogen) atoms. The zero-order valence-electron chi connectivity index (χ0n) is 34.8. The third-order valence-electron chi connectivity index (χ3n) is 16.2. The Bertz CT molecular complexity index is 1530. The van der Waals surface area contributed by atoms with Gasteiger partial charge >= 0.3 is 11.9 Å². The number of ether oxygens (including phenoxy) is 8. The van der Waals surface area contributed by atoms with E-state index in [1.54, 1.807) is 19.9 Å². The smallest absolute Gasteiger partial charge is 0.331 e. The van der Waals surface area contributed by atoms with Crippen LogP contribution >= 0.6 is 0 Å². The van der Waals surface area contributed by atoms with Crippen LogP contribution in [0, 0.1) is 34.5 Å². The van der Waals surface area contributed by atoms with Crippen LogP contribution in [0.4, 0.5) is 0 Å². The number of carbonyl (C=O) groups excluding carboxylic acids is 2. The maximum atomic E-state index is 12.6. The molecule has 4 aliphatic heterocycles. The van der Waals surface area contributed by atoms with Gasteiger partial charge in [-0.3, -0.25) is 4.79 Å². The molecule has 4 saturated carbocycles. The topological polar surface area (TPSA) is 209 Å². The summed E-state index contributed by atoms with van der Waals surface area (Å²) in [5.41, 5.74) is -0.918. The molecule has 15 nitrogen and oxygen atoms in total. The Hall–Kier alpha value is -1.76. The number of rotatable bonds is 8. The summed E-state index contributed by atoms with van der Waals surface area (Å²) in [6.07, 6.45) is -1.66. The molecule has 7 fully saturated rings. The highest BCUT2D eigenvalue weighted by molar-refractivity contribution is 5.85. The number of fused-ring (bicyclic) bond motifs is 5. The number of cyclic esters (lactones) is 1. The van der Waals surface area contributed by atoms with Gasteiger partial charge in [-0.2, -0.15) is 0 Å². The maximum Gasteiger partial charge on any atom is 0.331 e. The molecule has 0 spiro atoms. The minimum absolute atomic E-state index is 0.0561. The van der Waals surface area contributed by atoms with E-state index in [0.717, 1.165) is 44.1 Å². The van der Waals surface area contributed by atoms with Gasteiger partial charge in [-0.1, -0.05) is 13.8 Å². The summed E-state index contributed by atoms with van der Waals surface area (Å²) in [6, 6.07) is 0. The molecule has 2 unspecified atom stereocenters. The van der Waals surface area contributed by atoms with Crippen LogP contribution in [0.15, 0.2) is 11.6 Å². The first-order valence-corrected chi connectivity index (χ1v) is 21.8. The van der Waals surface area contributed by atoms with E-state index in [0.29, 0.717) is 18.8 Å². The fraction of sp³-hybridized carbons (Fsp3) is 0.907. The highest BCUT2D eigenvalue weighted by atomic mass is 16.7. The molecule has 0 aromatic rings. The quantitative estimate of drug-likeness (QED) is 0.176. The number of esters is 2. The van der Waals surface area contributed by atoms with E-state index in [-0.39, 0.29) is 61.1 Å². The summed E-state index contributed by atoms with van der Waals surface area (Å²) in [6.45, 7) is 11.2. The van der Waals surface area contributed by atoms with Crippen molar-refractivity contribution in [2.75, 3.05) is 6.61 Å². The predicted octanol–water partition coefficient (Wildman–Crippen LogP) is 2.79. The molecule has 21 atom stereocenters. The Morgan fingerprint density at radius 2 is 1.38 bits per heavy atom. The van der Waals surface area contributed by atoms with E-state index >= 15 is 0 Å². The summed E-state index contributed by atoms with van der Waals surface area (Å²) in [5.74, 6) is -0.345. The van der Waals surface area contributed by atoms with E-state index in [4.69, 9.17) is 37.9 Å². The zero-order valence-corrected chi connectivity index (χ0v) is 34.8. The van der Waals surface area contributed by atoms with Crippen molar-refractivity contribution in [2.45, 2.75) is 204 Å². The molecule has 328 valence electrons. The minimum atomic E-state index is -1.02. The zero-order chi connectivity index (χ0) is 41.5. The lowest BCUT2D eigenvalue weighted by atomic mass is 9.42. The van der Waals surface area contributed by atoms with E-state index in [1.165, 1.54) is 6.92 Å². The molecule has 4 aliphatic carbocycles. The minimum Gasteiger partial charge on any atom is -0.459 e. The standard InChI is InChI=1S/C43H66O15/c1-20-38(49)32(55-23(4)44)18-37(52-20)58-40-22(3)54-36(17-31(40)46)57-39-21(2)53-35(16-30(39)45)56-26-9-11-41(5)25(14-26)7-8-28-29(41)15-33(47)42(6)27(10-12-43(28,42)50)24-13-34(48)51-19-24/h13,20-22,25-33,35-40,45-47,49-50H,7-12,14-19H2,1-6H3/t20-,21-,22-,25-,26+,27-,28?,29?,30+,31+,32+,33-,35+,36+,37+,38-,39-,40-,41+,42+,43+/m1/s1. The largest absolute Gasteiger partial charge is 0.459 e. The van der Waals surface area contributed by atoms with Crippen molar-refractivity contribution in [2.24, 2.45) is 34.5 Å². The monoisotopic (exact) mass is 822 g/mol. The number of hydrogen-bond acceptors (Lipinski definition) is 15. The molecule has 8 rings (SSSR count). The number of aliphatic hydroxyl groups excluding tert-OH is 4. The molecule has 3 saturated heterocycles. The molecule has 0 aromatic heterocycles. The van der Waals surface area contributed by atoms with Crippen LogP contribution in [0.25, 0.3) is 0 Å². The summed E-state index contributed by atoms with van der Waals surface area (Å²) >= 11 is 0. The maximum absolute atomic E-state index is 12.6. The van der Waals surface area contributed by atoms with Gasteiger partial charge < -0.3 is 63.4 Å². The van der Waals surface area contributed by atoms with Gasteiger partial charge in [0.2, 0.25) is 0 Å². The number of aliphatic hydroxyl groups is 5. The average Bonchev–Trinajstić information content (AvgIpc) is 3.70. The van der Waals surface area contributed by atoms with Crippen molar-refractivity contribution in [3.8, 4) is 0 Å². The molecule has 0 radical (unpaired) electrons. The predicted molar refractivity (Wildman–Crippen MR) is 202 cm³/mol. The van der Waals surface area contributed by atoms with Gasteiger partial charge in [0.15, 0.2) is 18.9 Å². The highest BCUT2D eigenvalue weighted by Gasteiger charge is 2.71. The van der Waals surface area contributed by atoms with E-state index in [2.05, 4.69) is 6.92 Å². The lowest BCUT2D eigenvalue weighted by Gasteiger charge is -2.65. The van der Waals surface area contributed by atoms with Crippen molar-refractivity contribution in [3.63, 3.8) is 0 Å². The van der Waals surface area contributed by atoms with Gasteiger partial charge in [0.25, 0.3) is 0 Å². The van der Waals surface area contributed by atoms with E-state index < -0.39 is 96.9 Å². The van der Waals surface area contributed by atoms with Crippen LogP contribution in [0.1, 0.15) is 112 Å². The summed E-state index contributed by atoms with van der Waals surface area (Å²) < 4.78 is 47.7. The van der Waals surface area contributed by atoms with Gasteiger partial charge in [-0.25, -0.2) is 4.79 Å². The molecule has 0 amide bonds. The first kappa shape index (κ1) is 42.9. The van der Waals surface area contributed by atoms with Gasteiger partial charge in [-0.15, -0.1) is 0 Å². The summed E-state index contributed by atoms with van der Waals surface area (Å²) in [5, 5.41) is 57.3. The first-order valence-electron chi connectivity index (χ1n) is 21.8. The second kappa shape index (κ2) is 16.2. The number of carbonyl (C=O) groups is 2. The molecule has 5 N–H and O–H groups in total. The summed E-state index contributed by atoms with van der Waals surface area (Å²) in [4.78, 5) is 23.5. The van der Waals surface area contributed by atoms with Gasteiger partial charge in [0, 0.05) is 37.7 Å². The van der Waals surface area contributed by atoms with Crippen molar-refractivity contribution < 1.29 is 73.0 Å². The Labute approximate surface area is 341 Å². The highest BCUT2D eigenvalue weighted by Crippen LogP contribution is 2.70. The molecule has 15 heteroatoms. The molecule has 8 aliphatic rings. The fourth-order valence-corrected chi connectivity index (χ4v) is 13.1. The lowest BCUT2D eigenvalue weighted by molar-refractivity contribution is -0.336. The van der Waals surface area contributed by atoms with Gasteiger partial charge in [0.1, 0.15) is 31.0 Å². The van der Waals surface area contributed by atoms with E-state index in [1.807, 2.05) is 13.8 Å². The number of hydrogen-bond donors (Lipinski definition) is 5. The van der Waals surface area contributed by atoms with Gasteiger partial charge in [-0.05, 0) is 107 Å². The molecular formula is C43H66O15. The van der Waals surface area contributed by atoms with Crippen molar-refractivity contribution in [3.05, 3.63) is 11.6 Å². The van der Waals surface area contributed by atoms with Crippen LogP contribution in [0.3, 0.4) is 0 Å². The Morgan fingerprint density at radius 3 is 1.98 bits per heavy atom.